The molecule has 2 aromatic carbocycles. The topological polar surface area (TPSA) is 46.3 Å². The third-order valence-corrected chi connectivity index (χ3v) is 4.14. The van der Waals surface area contributed by atoms with Crippen molar-refractivity contribution in [3.63, 3.8) is 0 Å². The number of aryl methyl sites for hydroxylation is 1. The van der Waals surface area contributed by atoms with Crippen molar-refractivity contribution in [2.75, 3.05) is 11.9 Å². The Balaban J connectivity index is 2.01. The fourth-order valence-corrected chi connectivity index (χ4v) is 2.90. The highest BCUT2D eigenvalue weighted by molar-refractivity contribution is 6.31. The second-order valence-corrected chi connectivity index (χ2v) is 5.93. The minimum Gasteiger partial charge on any atom is -0.329 e. The first-order valence-corrected chi connectivity index (χ1v) is 7.61. The lowest BCUT2D eigenvalue weighted by Gasteiger charge is -2.21. The molecule has 0 saturated carbocycles. The number of halogens is 1. The van der Waals surface area contributed by atoms with Crippen molar-refractivity contribution in [1.29, 1.82) is 0 Å². The fourth-order valence-electron chi connectivity index (χ4n) is 2.74. The lowest BCUT2D eigenvalue weighted by molar-refractivity contribution is 1.08. The number of anilines is 2. The van der Waals surface area contributed by atoms with E-state index >= 15 is 0 Å². The lowest BCUT2D eigenvalue weighted by atomic mass is 10.2. The molecule has 0 N–H and O–H groups in total. The molecule has 0 radical (unpaired) electrons. The maximum Gasteiger partial charge on any atom is 0.257 e. The molecule has 0 amide bonds. The monoisotopic (exact) mass is 323 g/mol. The molecular weight excluding hydrogens is 310 g/mol. The van der Waals surface area contributed by atoms with Crippen LogP contribution in [0.25, 0.3) is 16.7 Å². The summed E-state index contributed by atoms with van der Waals surface area (Å²) >= 11 is 6.17. The molecule has 0 bridgehead atoms. The molecule has 6 heteroatoms. The van der Waals surface area contributed by atoms with Crippen LogP contribution in [-0.4, -0.2) is 26.6 Å². The molecule has 2 heterocycles. The number of aromatic nitrogens is 4. The number of rotatable bonds is 2. The Kier molecular flexibility index (Phi) is 3.16. The first-order valence-electron chi connectivity index (χ1n) is 7.23. The smallest absolute Gasteiger partial charge is 0.257 e. The first kappa shape index (κ1) is 14.0. The highest BCUT2D eigenvalue weighted by atomic mass is 35.5. The molecule has 0 unspecified atom stereocenters. The van der Waals surface area contributed by atoms with Crippen LogP contribution in [0.1, 0.15) is 5.56 Å². The van der Waals surface area contributed by atoms with Crippen LogP contribution in [0, 0.1) is 6.92 Å². The summed E-state index contributed by atoms with van der Waals surface area (Å²) < 4.78 is 1.84. The van der Waals surface area contributed by atoms with E-state index in [9.17, 15) is 0 Å². The number of hydrogen-bond donors (Lipinski definition) is 0. The maximum absolute atomic E-state index is 6.17. The van der Waals surface area contributed by atoms with E-state index < -0.39 is 0 Å². The molecule has 0 aliphatic heterocycles. The Bertz CT molecular complexity index is 1020. The highest BCUT2D eigenvalue weighted by Gasteiger charge is 2.14. The van der Waals surface area contributed by atoms with Gasteiger partial charge in [0.05, 0.1) is 5.52 Å². The summed E-state index contributed by atoms with van der Waals surface area (Å²) in [6, 6.07) is 14.0. The average molecular weight is 324 g/mol. The van der Waals surface area contributed by atoms with Crippen molar-refractivity contribution in [3.05, 3.63) is 59.4 Å². The highest BCUT2D eigenvalue weighted by Crippen LogP contribution is 2.31. The predicted molar refractivity (Wildman–Crippen MR) is 92.5 cm³/mol. The van der Waals surface area contributed by atoms with Gasteiger partial charge in [-0.25, -0.2) is 0 Å². The largest absolute Gasteiger partial charge is 0.329 e. The van der Waals surface area contributed by atoms with Gasteiger partial charge in [0.25, 0.3) is 5.78 Å². The molecule has 0 fully saturated rings. The summed E-state index contributed by atoms with van der Waals surface area (Å²) in [4.78, 5) is 6.72. The van der Waals surface area contributed by atoms with Crippen LogP contribution in [0.2, 0.25) is 5.02 Å². The molecule has 23 heavy (non-hydrogen) atoms. The van der Waals surface area contributed by atoms with Crippen molar-refractivity contribution in [2.24, 2.45) is 0 Å². The quantitative estimate of drug-likeness (QED) is 0.559. The minimum absolute atomic E-state index is 0.550. The maximum atomic E-state index is 6.17. The number of benzene rings is 2. The standard InChI is InChI=1S/C17H14ClN5/c1-11-4-3-5-13(8-11)22(2)16-14-7-6-12(18)9-15(14)23-10-19-21-17(23)20-16/h3-10H,1-2H3. The van der Waals surface area contributed by atoms with Gasteiger partial charge in [-0.3, -0.25) is 4.40 Å². The first-order chi connectivity index (χ1) is 11.1. The van der Waals surface area contributed by atoms with Gasteiger partial charge in [0, 0.05) is 23.1 Å². The van der Waals surface area contributed by atoms with Gasteiger partial charge in [-0.15, -0.1) is 10.2 Å². The van der Waals surface area contributed by atoms with Crippen LogP contribution in [0.15, 0.2) is 48.8 Å². The molecule has 0 aliphatic carbocycles. The summed E-state index contributed by atoms with van der Waals surface area (Å²) in [6.45, 7) is 2.07. The van der Waals surface area contributed by atoms with Crippen LogP contribution < -0.4 is 4.90 Å². The van der Waals surface area contributed by atoms with E-state index in [0.29, 0.717) is 10.8 Å². The van der Waals surface area contributed by atoms with E-state index in [1.54, 1.807) is 6.33 Å². The number of hydrogen-bond acceptors (Lipinski definition) is 4. The average Bonchev–Trinajstić information content (AvgIpc) is 3.02. The van der Waals surface area contributed by atoms with Gasteiger partial charge in [0.2, 0.25) is 0 Å². The van der Waals surface area contributed by atoms with Crippen LogP contribution >= 0.6 is 11.6 Å². The molecule has 2 aromatic heterocycles. The van der Waals surface area contributed by atoms with Gasteiger partial charge in [0.1, 0.15) is 12.1 Å². The van der Waals surface area contributed by atoms with Gasteiger partial charge in [-0.05, 0) is 42.8 Å². The molecule has 4 aromatic rings. The molecule has 0 spiro atoms. The summed E-state index contributed by atoms with van der Waals surface area (Å²) in [5.41, 5.74) is 3.20. The van der Waals surface area contributed by atoms with E-state index in [1.807, 2.05) is 35.7 Å². The van der Waals surface area contributed by atoms with Crippen LogP contribution in [-0.2, 0) is 0 Å². The van der Waals surface area contributed by atoms with Crippen molar-refractivity contribution in [2.45, 2.75) is 6.92 Å². The molecular formula is C17H14ClN5. The Morgan fingerprint density at radius 2 is 2.00 bits per heavy atom. The second kappa shape index (κ2) is 5.21. The zero-order valence-electron chi connectivity index (χ0n) is 12.7. The molecule has 0 saturated heterocycles. The molecule has 5 nitrogen and oxygen atoms in total. The lowest BCUT2D eigenvalue weighted by Crippen LogP contribution is -2.13. The van der Waals surface area contributed by atoms with E-state index in [-0.39, 0.29) is 0 Å². The second-order valence-electron chi connectivity index (χ2n) is 5.50. The van der Waals surface area contributed by atoms with Gasteiger partial charge < -0.3 is 4.90 Å². The Hall–Kier alpha value is -2.66. The van der Waals surface area contributed by atoms with Crippen molar-refractivity contribution >= 4 is 39.8 Å². The van der Waals surface area contributed by atoms with Gasteiger partial charge in [-0.1, -0.05) is 23.7 Å². The fraction of sp³-hybridized carbons (Fsp3) is 0.118. The number of nitrogens with zero attached hydrogens (tertiary/aromatic N) is 5. The molecule has 4 rings (SSSR count). The SMILES string of the molecule is Cc1cccc(N(C)c2nc3nncn3c3cc(Cl)ccc23)c1. The Morgan fingerprint density at radius 1 is 1.13 bits per heavy atom. The van der Waals surface area contributed by atoms with Gasteiger partial charge in [0.15, 0.2) is 0 Å². The predicted octanol–water partition coefficient (Wildman–Crippen LogP) is 4.01. The third-order valence-electron chi connectivity index (χ3n) is 3.90. The Labute approximate surface area is 138 Å². The zero-order valence-corrected chi connectivity index (χ0v) is 13.5. The van der Waals surface area contributed by atoms with E-state index in [2.05, 4.69) is 45.2 Å². The minimum atomic E-state index is 0.550. The van der Waals surface area contributed by atoms with Crippen molar-refractivity contribution < 1.29 is 0 Å². The summed E-state index contributed by atoms with van der Waals surface area (Å²) in [5, 5.41) is 9.70. The van der Waals surface area contributed by atoms with Gasteiger partial charge in [-0.2, -0.15) is 4.98 Å². The summed E-state index contributed by atoms with van der Waals surface area (Å²) in [6.07, 6.45) is 1.65. The van der Waals surface area contributed by atoms with Crippen LogP contribution in [0.3, 0.4) is 0 Å². The normalized spacial score (nSPS) is 11.3. The van der Waals surface area contributed by atoms with Gasteiger partial charge >= 0.3 is 0 Å². The third kappa shape index (κ3) is 2.29. The Morgan fingerprint density at radius 3 is 2.83 bits per heavy atom. The van der Waals surface area contributed by atoms with Crippen molar-refractivity contribution in [1.82, 2.24) is 19.6 Å². The van der Waals surface area contributed by atoms with Crippen LogP contribution in [0.4, 0.5) is 11.5 Å². The van der Waals surface area contributed by atoms with Crippen LogP contribution in [0.5, 0.6) is 0 Å². The van der Waals surface area contributed by atoms with Crippen molar-refractivity contribution in [3.8, 4) is 0 Å². The van der Waals surface area contributed by atoms with E-state index in [4.69, 9.17) is 11.6 Å². The van der Waals surface area contributed by atoms with E-state index in [1.165, 1.54) is 5.56 Å². The zero-order chi connectivity index (χ0) is 16.0. The number of fused-ring (bicyclic) bond motifs is 3. The summed E-state index contributed by atoms with van der Waals surface area (Å²) in [7, 11) is 2.00. The van der Waals surface area contributed by atoms with E-state index in [0.717, 1.165) is 22.4 Å². The molecule has 0 atom stereocenters. The summed E-state index contributed by atoms with van der Waals surface area (Å²) in [5.74, 6) is 1.37. The molecule has 0 aliphatic rings. The molecule has 114 valence electrons.